The Morgan fingerprint density at radius 3 is 2.62 bits per heavy atom. The van der Waals surface area contributed by atoms with E-state index in [1.54, 1.807) is 0 Å². The molecule has 2 aliphatic carbocycles. The fourth-order valence-electron chi connectivity index (χ4n) is 2.20. The number of hydrogen-bond donors (Lipinski definition) is 2. The van der Waals surface area contributed by atoms with Crippen LogP contribution in [-0.4, -0.2) is 47.2 Å². The van der Waals surface area contributed by atoms with Crippen molar-refractivity contribution in [3.63, 3.8) is 0 Å². The van der Waals surface area contributed by atoms with Crippen molar-refractivity contribution in [2.75, 3.05) is 19.6 Å². The van der Waals surface area contributed by atoms with Crippen LogP contribution in [0.25, 0.3) is 0 Å². The monoisotopic (exact) mass is 226 g/mol. The molecule has 1 amide bonds. The molecule has 16 heavy (non-hydrogen) atoms. The van der Waals surface area contributed by atoms with E-state index in [1.807, 2.05) is 0 Å². The molecule has 0 unspecified atom stereocenters. The Balaban J connectivity index is 1.66. The van der Waals surface area contributed by atoms with Crippen molar-refractivity contribution in [2.45, 2.75) is 50.7 Å². The molecule has 92 valence electrons. The number of likely N-dealkylation sites (N-methyl/N-ethyl adjacent to an activating group) is 1. The normalized spacial score (nSPS) is 22.9. The first-order chi connectivity index (χ1) is 7.63. The van der Waals surface area contributed by atoms with Crippen molar-refractivity contribution in [3.8, 4) is 0 Å². The molecule has 2 saturated carbocycles. The van der Waals surface area contributed by atoms with Crippen molar-refractivity contribution in [1.82, 2.24) is 10.2 Å². The predicted octanol–water partition coefficient (Wildman–Crippen LogP) is 0.502. The van der Waals surface area contributed by atoms with E-state index < -0.39 is 5.60 Å². The van der Waals surface area contributed by atoms with E-state index in [9.17, 15) is 9.90 Å². The topological polar surface area (TPSA) is 52.6 Å². The van der Waals surface area contributed by atoms with Crippen molar-refractivity contribution in [1.29, 1.82) is 0 Å². The molecule has 0 aromatic heterocycles. The van der Waals surface area contributed by atoms with Crippen molar-refractivity contribution in [2.24, 2.45) is 0 Å². The fraction of sp³-hybridized carbons (Fsp3) is 0.917. The second-order valence-electron chi connectivity index (χ2n) is 5.15. The Morgan fingerprint density at radius 2 is 2.19 bits per heavy atom. The second kappa shape index (κ2) is 4.72. The minimum Gasteiger partial charge on any atom is -0.388 e. The number of hydrogen-bond acceptors (Lipinski definition) is 3. The Kier molecular flexibility index (Phi) is 3.50. The van der Waals surface area contributed by atoms with Gasteiger partial charge < -0.3 is 10.4 Å². The first-order valence-electron chi connectivity index (χ1n) is 6.36. The minimum atomic E-state index is -0.605. The van der Waals surface area contributed by atoms with Crippen LogP contribution in [0.3, 0.4) is 0 Å². The van der Waals surface area contributed by atoms with Gasteiger partial charge in [-0.05, 0) is 38.6 Å². The summed E-state index contributed by atoms with van der Waals surface area (Å²) in [4.78, 5) is 13.9. The smallest absolute Gasteiger partial charge is 0.234 e. The summed E-state index contributed by atoms with van der Waals surface area (Å²) >= 11 is 0. The zero-order chi connectivity index (χ0) is 11.6. The number of rotatable bonds is 6. The third-order valence-electron chi connectivity index (χ3n) is 3.72. The molecule has 4 nitrogen and oxygen atoms in total. The maximum absolute atomic E-state index is 11.7. The third-order valence-corrected chi connectivity index (χ3v) is 3.72. The first kappa shape index (κ1) is 11.9. The van der Waals surface area contributed by atoms with Gasteiger partial charge in [0.2, 0.25) is 5.91 Å². The maximum atomic E-state index is 11.7. The molecule has 2 aliphatic rings. The van der Waals surface area contributed by atoms with Crippen LogP contribution in [0.4, 0.5) is 0 Å². The van der Waals surface area contributed by atoms with Crippen LogP contribution < -0.4 is 5.32 Å². The largest absolute Gasteiger partial charge is 0.388 e. The standard InChI is InChI=1S/C12H22N2O2/c1-2-14(10-4-5-10)8-11(15)13-9-12(16)6-3-7-12/h10,16H,2-9H2,1H3,(H,13,15). The molecule has 0 bridgehead atoms. The van der Waals surface area contributed by atoms with Gasteiger partial charge in [0.15, 0.2) is 0 Å². The molecule has 0 aromatic carbocycles. The molecule has 0 saturated heterocycles. The van der Waals surface area contributed by atoms with Crippen molar-refractivity contribution in [3.05, 3.63) is 0 Å². The Bertz CT molecular complexity index is 260. The number of carbonyl (C=O) groups excluding carboxylic acids is 1. The first-order valence-corrected chi connectivity index (χ1v) is 6.36. The SMILES string of the molecule is CCN(CC(=O)NCC1(O)CCC1)C1CC1. The minimum absolute atomic E-state index is 0.0501. The number of aliphatic hydroxyl groups is 1. The van der Waals surface area contributed by atoms with Crippen LogP contribution in [0.15, 0.2) is 0 Å². The average molecular weight is 226 g/mol. The Morgan fingerprint density at radius 1 is 1.50 bits per heavy atom. The molecule has 0 spiro atoms. The highest BCUT2D eigenvalue weighted by molar-refractivity contribution is 5.78. The molecule has 0 radical (unpaired) electrons. The molecule has 2 N–H and O–H groups in total. The van der Waals surface area contributed by atoms with Gasteiger partial charge in [0.1, 0.15) is 0 Å². The number of carbonyl (C=O) groups is 1. The summed E-state index contributed by atoms with van der Waals surface area (Å²) in [5.41, 5.74) is -0.605. The Hall–Kier alpha value is -0.610. The van der Waals surface area contributed by atoms with E-state index >= 15 is 0 Å². The maximum Gasteiger partial charge on any atom is 0.234 e. The van der Waals surface area contributed by atoms with Gasteiger partial charge in [0.25, 0.3) is 0 Å². The predicted molar refractivity (Wildman–Crippen MR) is 62.1 cm³/mol. The molecule has 0 heterocycles. The fourth-order valence-corrected chi connectivity index (χ4v) is 2.20. The van der Waals surface area contributed by atoms with Gasteiger partial charge in [-0.3, -0.25) is 9.69 Å². The van der Waals surface area contributed by atoms with Crippen molar-refractivity contribution >= 4 is 5.91 Å². The van der Waals surface area contributed by atoms with Crippen LogP contribution in [-0.2, 0) is 4.79 Å². The van der Waals surface area contributed by atoms with Gasteiger partial charge in [-0.1, -0.05) is 6.92 Å². The van der Waals surface area contributed by atoms with Crippen molar-refractivity contribution < 1.29 is 9.90 Å². The number of nitrogens with zero attached hydrogens (tertiary/aromatic N) is 1. The number of amides is 1. The van der Waals surface area contributed by atoms with Crippen LogP contribution in [0.1, 0.15) is 39.0 Å². The summed E-state index contributed by atoms with van der Waals surface area (Å²) in [5, 5.41) is 12.7. The van der Waals surface area contributed by atoms with Crippen LogP contribution >= 0.6 is 0 Å². The lowest BCUT2D eigenvalue weighted by Crippen LogP contribution is -2.49. The molecular formula is C12H22N2O2. The quantitative estimate of drug-likeness (QED) is 0.693. The third kappa shape index (κ3) is 2.95. The highest BCUT2D eigenvalue weighted by atomic mass is 16.3. The summed E-state index contributed by atoms with van der Waals surface area (Å²) in [5.74, 6) is 0.0501. The van der Waals surface area contributed by atoms with Gasteiger partial charge in [0.05, 0.1) is 12.1 Å². The molecule has 0 aliphatic heterocycles. The molecule has 2 fully saturated rings. The number of nitrogens with one attached hydrogen (secondary N) is 1. The van der Waals surface area contributed by atoms with Crippen LogP contribution in [0.5, 0.6) is 0 Å². The van der Waals surface area contributed by atoms with Crippen LogP contribution in [0.2, 0.25) is 0 Å². The van der Waals surface area contributed by atoms with Gasteiger partial charge in [-0.15, -0.1) is 0 Å². The average Bonchev–Trinajstić information content (AvgIpc) is 3.04. The van der Waals surface area contributed by atoms with E-state index in [1.165, 1.54) is 12.8 Å². The lowest BCUT2D eigenvalue weighted by molar-refractivity contribution is -0.124. The molecule has 2 rings (SSSR count). The van der Waals surface area contributed by atoms with E-state index in [4.69, 9.17) is 0 Å². The lowest BCUT2D eigenvalue weighted by atomic mass is 9.80. The molecule has 0 atom stereocenters. The summed E-state index contributed by atoms with van der Waals surface area (Å²) in [7, 11) is 0. The van der Waals surface area contributed by atoms with Crippen LogP contribution in [0, 0.1) is 0 Å². The van der Waals surface area contributed by atoms with E-state index in [0.29, 0.717) is 19.1 Å². The summed E-state index contributed by atoms with van der Waals surface area (Å²) in [6, 6.07) is 0.627. The van der Waals surface area contributed by atoms with E-state index in [-0.39, 0.29) is 5.91 Å². The zero-order valence-electron chi connectivity index (χ0n) is 10.0. The molecule has 4 heteroatoms. The molecule has 0 aromatic rings. The highest BCUT2D eigenvalue weighted by Gasteiger charge is 2.35. The van der Waals surface area contributed by atoms with E-state index in [0.717, 1.165) is 25.8 Å². The van der Waals surface area contributed by atoms with Gasteiger partial charge in [-0.25, -0.2) is 0 Å². The highest BCUT2D eigenvalue weighted by Crippen LogP contribution is 2.30. The molecular weight excluding hydrogens is 204 g/mol. The summed E-state index contributed by atoms with van der Waals surface area (Å²) in [6.45, 7) is 3.93. The second-order valence-corrected chi connectivity index (χ2v) is 5.15. The Labute approximate surface area is 97.0 Å². The van der Waals surface area contributed by atoms with Gasteiger partial charge >= 0.3 is 0 Å². The summed E-state index contributed by atoms with van der Waals surface area (Å²) in [6.07, 6.45) is 5.19. The lowest BCUT2D eigenvalue weighted by Gasteiger charge is -2.36. The van der Waals surface area contributed by atoms with Gasteiger partial charge in [0, 0.05) is 12.6 Å². The van der Waals surface area contributed by atoms with Gasteiger partial charge in [-0.2, -0.15) is 0 Å². The zero-order valence-corrected chi connectivity index (χ0v) is 10.0. The van der Waals surface area contributed by atoms with E-state index in [2.05, 4.69) is 17.1 Å². The summed E-state index contributed by atoms with van der Waals surface area (Å²) < 4.78 is 0.